The molecule has 0 saturated carbocycles. The Kier molecular flexibility index (Phi) is 6.08. The van der Waals surface area contributed by atoms with Gasteiger partial charge in [-0.1, -0.05) is 15.9 Å². The van der Waals surface area contributed by atoms with Gasteiger partial charge >= 0.3 is 0 Å². The predicted molar refractivity (Wildman–Crippen MR) is 77.4 cm³/mol. The Morgan fingerprint density at radius 1 is 1.56 bits per heavy atom. The standard InChI is InChI=1S/C12H15BrN2O2.ClH/c1-8-6-9(13)2-3-10(8)15-12(16)11-7-14-4-5-17-11;/h2-3,6,11,14H,4-5,7H2,1H3,(H,15,16);1H. The van der Waals surface area contributed by atoms with Crippen LogP contribution < -0.4 is 10.6 Å². The van der Waals surface area contributed by atoms with Gasteiger partial charge in [-0.2, -0.15) is 0 Å². The highest BCUT2D eigenvalue weighted by atomic mass is 79.9. The lowest BCUT2D eigenvalue weighted by Gasteiger charge is -2.23. The van der Waals surface area contributed by atoms with E-state index in [1.807, 2.05) is 25.1 Å². The Bertz CT molecular complexity index is 423. The van der Waals surface area contributed by atoms with Gasteiger partial charge in [-0.05, 0) is 30.7 Å². The Morgan fingerprint density at radius 2 is 2.33 bits per heavy atom. The van der Waals surface area contributed by atoms with E-state index in [4.69, 9.17) is 4.74 Å². The van der Waals surface area contributed by atoms with Crippen LogP contribution in [0.2, 0.25) is 0 Å². The number of hydrogen-bond acceptors (Lipinski definition) is 3. The lowest BCUT2D eigenvalue weighted by molar-refractivity contribution is -0.128. The van der Waals surface area contributed by atoms with Gasteiger partial charge in [-0.3, -0.25) is 4.79 Å². The zero-order valence-electron chi connectivity index (χ0n) is 10.0. The summed E-state index contributed by atoms with van der Waals surface area (Å²) in [5.74, 6) is -0.0948. The third kappa shape index (κ3) is 3.95. The zero-order chi connectivity index (χ0) is 12.3. The van der Waals surface area contributed by atoms with Crippen molar-refractivity contribution in [2.24, 2.45) is 0 Å². The molecular formula is C12H16BrClN2O2. The summed E-state index contributed by atoms with van der Waals surface area (Å²) in [6.07, 6.45) is -0.396. The number of amides is 1. The number of morpholine rings is 1. The molecule has 2 N–H and O–H groups in total. The van der Waals surface area contributed by atoms with Crippen LogP contribution in [0.3, 0.4) is 0 Å². The van der Waals surface area contributed by atoms with E-state index in [9.17, 15) is 4.79 Å². The average molecular weight is 336 g/mol. The van der Waals surface area contributed by atoms with E-state index in [0.29, 0.717) is 13.2 Å². The predicted octanol–water partition coefficient (Wildman–Crippen LogP) is 2.11. The highest BCUT2D eigenvalue weighted by molar-refractivity contribution is 9.10. The SMILES string of the molecule is Cc1cc(Br)ccc1NC(=O)C1CNCCO1.Cl. The first-order valence-corrected chi connectivity index (χ1v) is 6.35. The molecule has 100 valence electrons. The fourth-order valence-electron chi connectivity index (χ4n) is 1.71. The molecule has 1 atom stereocenters. The Hall–Kier alpha value is -0.620. The first-order valence-electron chi connectivity index (χ1n) is 5.56. The van der Waals surface area contributed by atoms with E-state index in [1.54, 1.807) is 0 Å². The minimum Gasteiger partial charge on any atom is -0.366 e. The first-order chi connectivity index (χ1) is 8.16. The number of nitrogens with one attached hydrogen (secondary N) is 2. The highest BCUT2D eigenvalue weighted by Crippen LogP contribution is 2.20. The molecule has 0 aromatic heterocycles. The van der Waals surface area contributed by atoms with E-state index in [0.717, 1.165) is 22.3 Å². The van der Waals surface area contributed by atoms with Gasteiger partial charge in [-0.15, -0.1) is 12.4 Å². The highest BCUT2D eigenvalue weighted by Gasteiger charge is 2.21. The van der Waals surface area contributed by atoms with Gasteiger partial charge in [0.1, 0.15) is 6.10 Å². The minimum absolute atomic E-state index is 0. The van der Waals surface area contributed by atoms with Crippen molar-refractivity contribution >= 4 is 39.9 Å². The molecule has 0 bridgehead atoms. The summed E-state index contributed by atoms with van der Waals surface area (Å²) in [5.41, 5.74) is 1.85. The summed E-state index contributed by atoms with van der Waals surface area (Å²) >= 11 is 3.39. The third-order valence-electron chi connectivity index (χ3n) is 2.67. The summed E-state index contributed by atoms with van der Waals surface area (Å²) in [4.78, 5) is 11.9. The number of ether oxygens (including phenoxy) is 1. The van der Waals surface area contributed by atoms with Crippen LogP contribution in [-0.4, -0.2) is 31.7 Å². The molecule has 18 heavy (non-hydrogen) atoms. The van der Waals surface area contributed by atoms with Crippen molar-refractivity contribution in [1.29, 1.82) is 0 Å². The van der Waals surface area contributed by atoms with Crippen molar-refractivity contribution in [1.82, 2.24) is 5.32 Å². The fourth-order valence-corrected chi connectivity index (χ4v) is 2.19. The van der Waals surface area contributed by atoms with Crippen LogP contribution in [-0.2, 0) is 9.53 Å². The molecule has 1 aliphatic heterocycles. The van der Waals surface area contributed by atoms with E-state index in [2.05, 4.69) is 26.6 Å². The van der Waals surface area contributed by atoms with Crippen LogP contribution in [0, 0.1) is 6.92 Å². The molecule has 0 aliphatic carbocycles. The second-order valence-electron chi connectivity index (χ2n) is 4.01. The van der Waals surface area contributed by atoms with Crippen molar-refractivity contribution in [3.05, 3.63) is 28.2 Å². The first kappa shape index (κ1) is 15.4. The van der Waals surface area contributed by atoms with Crippen LogP contribution in [0.25, 0.3) is 0 Å². The Labute approximate surface area is 121 Å². The van der Waals surface area contributed by atoms with E-state index < -0.39 is 6.10 Å². The summed E-state index contributed by atoms with van der Waals surface area (Å²) in [5, 5.41) is 6.01. The summed E-state index contributed by atoms with van der Waals surface area (Å²) in [7, 11) is 0. The maximum Gasteiger partial charge on any atom is 0.254 e. The van der Waals surface area contributed by atoms with Crippen LogP contribution in [0.1, 0.15) is 5.56 Å². The number of aryl methyl sites for hydroxylation is 1. The number of carbonyl (C=O) groups excluding carboxylic acids is 1. The fraction of sp³-hybridized carbons (Fsp3) is 0.417. The Morgan fingerprint density at radius 3 is 2.94 bits per heavy atom. The van der Waals surface area contributed by atoms with Crippen LogP contribution >= 0.6 is 28.3 Å². The van der Waals surface area contributed by atoms with Crippen molar-refractivity contribution in [2.75, 3.05) is 25.0 Å². The van der Waals surface area contributed by atoms with E-state index in [1.165, 1.54) is 0 Å². The second kappa shape index (κ2) is 7.09. The van der Waals surface area contributed by atoms with Gasteiger partial charge in [0.25, 0.3) is 5.91 Å². The number of anilines is 1. The maximum absolute atomic E-state index is 11.9. The monoisotopic (exact) mass is 334 g/mol. The van der Waals surface area contributed by atoms with Gasteiger partial charge in [0.15, 0.2) is 0 Å². The van der Waals surface area contributed by atoms with Crippen LogP contribution in [0.15, 0.2) is 22.7 Å². The number of carbonyl (C=O) groups is 1. The second-order valence-corrected chi connectivity index (χ2v) is 4.93. The van der Waals surface area contributed by atoms with Gasteiger partial charge in [0, 0.05) is 23.2 Å². The van der Waals surface area contributed by atoms with Gasteiger partial charge in [0.2, 0.25) is 0 Å². The molecule has 2 rings (SSSR count). The lowest BCUT2D eigenvalue weighted by atomic mass is 10.2. The van der Waals surface area contributed by atoms with Crippen LogP contribution in [0.4, 0.5) is 5.69 Å². The molecule has 1 fully saturated rings. The molecule has 1 aromatic rings. The molecule has 1 amide bonds. The van der Waals surface area contributed by atoms with Crippen molar-refractivity contribution in [2.45, 2.75) is 13.0 Å². The molecule has 1 aromatic carbocycles. The molecular weight excluding hydrogens is 320 g/mol. The molecule has 0 radical (unpaired) electrons. The Balaban J connectivity index is 0.00000162. The lowest BCUT2D eigenvalue weighted by Crippen LogP contribution is -2.45. The molecule has 1 unspecified atom stereocenters. The number of rotatable bonds is 2. The van der Waals surface area contributed by atoms with Crippen molar-refractivity contribution in [3.8, 4) is 0 Å². The van der Waals surface area contributed by atoms with Gasteiger partial charge < -0.3 is 15.4 Å². The molecule has 4 nitrogen and oxygen atoms in total. The molecule has 1 saturated heterocycles. The average Bonchev–Trinajstić information content (AvgIpc) is 2.34. The van der Waals surface area contributed by atoms with Gasteiger partial charge in [-0.25, -0.2) is 0 Å². The summed E-state index contributed by atoms with van der Waals surface area (Å²) in [6.45, 7) is 3.92. The van der Waals surface area contributed by atoms with Gasteiger partial charge in [0.05, 0.1) is 6.61 Å². The molecule has 1 heterocycles. The maximum atomic E-state index is 11.9. The van der Waals surface area contributed by atoms with E-state index >= 15 is 0 Å². The normalized spacial score (nSPS) is 18.9. The van der Waals surface area contributed by atoms with Crippen LogP contribution in [0.5, 0.6) is 0 Å². The summed E-state index contributed by atoms with van der Waals surface area (Å²) < 4.78 is 6.40. The van der Waals surface area contributed by atoms with Crippen molar-refractivity contribution in [3.63, 3.8) is 0 Å². The number of halogens is 2. The third-order valence-corrected chi connectivity index (χ3v) is 3.16. The van der Waals surface area contributed by atoms with Crippen molar-refractivity contribution < 1.29 is 9.53 Å². The smallest absolute Gasteiger partial charge is 0.254 e. The zero-order valence-corrected chi connectivity index (χ0v) is 12.4. The topological polar surface area (TPSA) is 50.4 Å². The molecule has 1 aliphatic rings. The summed E-state index contributed by atoms with van der Waals surface area (Å²) in [6, 6.07) is 5.76. The molecule has 6 heteroatoms. The minimum atomic E-state index is -0.396. The van der Waals surface area contributed by atoms with E-state index in [-0.39, 0.29) is 18.3 Å². The quantitative estimate of drug-likeness (QED) is 0.870. The molecule has 0 spiro atoms. The number of benzene rings is 1. The largest absolute Gasteiger partial charge is 0.366 e. The number of hydrogen-bond donors (Lipinski definition) is 2.